The van der Waals surface area contributed by atoms with Crippen LogP contribution in [-0.2, 0) is 19.4 Å². The molecular weight excluding hydrogens is 409 g/mol. The Morgan fingerprint density at radius 2 is 1.67 bits per heavy atom. The summed E-state index contributed by atoms with van der Waals surface area (Å²) in [6, 6.07) is 15.1. The molecule has 0 saturated carbocycles. The van der Waals surface area contributed by atoms with Crippen LogP contribution in [0.3, 0.4) is 0 Å². The fourth-order valence-corrected chi connectivity index (χ4v) is 5.06. The monoisotopic (exact) mass is 425 g/mol. The van der Waals surface area contributed by atoms with Crippen LogP contribution in [0.15, 0.2) is 76.5 Å². The molecule has 1 heterocycles. The number of hydrogen-bond donors (Lipinski definition) is 1. The summed E-state index contributed by atoms with van der Waals surface area (Å²) >= 11 is 0. The van der Waals surface area contributed by atoms with Gasteiger partial charge in [-0.3, -0.25) is 4.79 Å². The smallest absolute Gasteiger partial charge is 0.408 e. The minimum atomic E-state index is -3.85. The van der Waals surface area contributed by atoms with Gasteiger partial charge in [-0.2, -0.15) is 4.39 Å². The van der Waals surface area contributed by atoms with E-state index in [1.54, 1.807) is 36.4 Å². The lowest BCUT2D eigenvalue weighted by molar-refractivity contribution is -0.131. The highest BCUT2D eigenvalue weighted by Gasteiger charge is 2.32. The molecule has 6 nitrogen and oxygen atoms in total. The molecule has 0 aliphatic carbocycles. The van der Waals surface area contributed by atoms with Gasteiger partial charge in [-0.1, -0.05) is 66.7 Å². The Bertz CT molecular complexity index is 1290. The lowest BCUT2D eigenvalue weighted by atomic mass is 10.1. The first kappa shape index (κ1) is 19.8. The number of hydrogen-bond acceptors (Lipinski definition) is 5. The predicted octanol–water partition coefficient (Wildman–Crippen LogP) is 3.93. The van der Waals surface area contributed by atoms with Crippen molar-refractivity contribution in [1.82, 2.24) is 5.32 Å². The average molecular weight is 425 g/mol. The first-order chi connectivity index (χ1) is 14.4. The number of fused-ring (bicyclic) bond motifs is 3. The number of carbonyl (C=O) groups is 2. The van der Waals surface area contributed by atoms with Crippen molar-refractivity contribution in [3.63, 3.8) is 0 Å². The third-order valence-corrected chi connectivity index (χ3v) is 6.73. The van der Waals surface area contributed by atoms with Crippen molar-refractivity contribution in [2.75, 3.05) is 6.61 Å². The number of ether oxygens (including phenoxy) is 1. The number of sulfone groups is 1. The van der Waals surface area contributed by atoms with Crippen LogP contribution in [0.2, 0.25) is 0 Å². The topological polar surface area (TPSA) is 89.5 Å². The Hall–Kier alpha value is -3.52. The largest absolute Gasteiger partial charge is 0.444 e. The zero-order valence-electron chi connectivity index (χ0n) is 15.5. The molecule has 1 aliphatic heterocycles. The molecule has 0 fully saturated rings. The minimum absolute atomic E-state index is 0.0909. The van der Waals surface area contributed by atoms with Gasteiger partial charge >= 0.3 is 12.1 Å². The van der Waals surface area contributed by atoms with Crippen LogP contribution in [0.5, 0.6) is 0 Å². The van der Waals surface area contributed by atoms with Crippen molar-refractivity contribution in [2.45, 2.75) is 10.9 Å². The van der Waals surface area contributed by atoms with Gasteiger partial charge in [0.25, 0.3) is 0 Å². The molecule has 1 N–H and O–H groups in total. The maximum atomic E-state index is 13.4. The van der Waals surface area contributed by atoms with Gasteiger partial charge in [-0.25, -0.2) is 13.2 Å². The Labute approximate surface area is 171 Å². The molecule has 3 aromatic carbocycles. The SMILES string of the molecule is O=C(N[C@H](C(=O)F)c1ccccc1)OCC1=Cc2ccc3ccccc3c2S1(=O)=O. The number of rotatable bonds is 5. The fraction of sp³-hybridized carbons (Fsp3) is 0.0909. The van der Waals surface area contributed by atoms with E-state index >= 15 is 0 Å². The van der Waals surface area contributed by atoms with Crippen LogP contribution in [0, 0.1) is 0 Å². The zero-order chi connectivity index (χ0) is 21.3. The van der Waals surface area contributed by atoms with E-state index in [1.165, 1.54) is 18.2 Å². The van der Waals surface area contributed by atoms with Crippen molar-refractivity contribution < 1.29 is 27.1 Å². The quantitative estimate of drug-likeness (QED) is 0.626. The van der Waals surface area contributed by atoms with Gasteiger partial charge in [0.15, 0.2) is 0 Å². The maximum Gasteiger partial charge on any atom is 0.408 e. The molecule has 0 bridgehead atoms. The molecule has 1 aliphatic rings. The van der Waals surface area contributed by atoms with Crippen LogP contribution in [0.4, 0.5) is 9.18 Å². The third kappa shape index (κ3) is 3.57. The number of benzene rings is 3. The van der Waals surface area contributed by atoms with E-state index in [2.05, 4.69) is 5.32 Å². The van der Waals surface area contributed by atoms with Crippen LogP contribution < -0.4 is 5.32 Å². The van der Waals surface area contributed by atoms with Gasteiger partial charge in [0, 0.05) is 5.39 Å². The van der Waals surface area contributed by atoms with Crippen LogP contribution in [0.1, 0.15) is 17.2 Å². The minimum Gasteiger partial charge on any atom is -0.444 e. The summed E-state index contributed by atoms with van der Waals surface area (Å²) < 4.78 is 44.3. The highest BCUT2D eigenvalue weighted by molar-refractivity contribution is 7.96. The lowest BCUT2D eigenvalue weighted by Crippen LogP contribution is -2.33. The van der Waals surface area contributed by atoms with Gasteiger partial charge in [0.05, 0.1) is 9.80 Å². The number of halogens is 1. The number of nitrogens with one attached hydrogen (secondary N) is 1. The molecule has 152 valence electrons. The van der Waals surface area contributed by atoms with Gasteiger partial charge < -0.3 is 10.1 Å². The van der Waals surface area contributed by atoms with Crippen LogP contribution in [0.25, 0.3) is 16.8 Å². The van der Waals surface area contributed by atoms with Crippen molar-refractivity contribution in [3.8, 4) is 0 Å². The second kappa shape index (κ2) is 7.72. The van der Waals surface area contributed by atoms with E-state index in [0.717, 1.165) is 5.39 Å². The van der Waals surface area contributed by atoms with E-state index in [-0.39, 0.29) is 15.4 Å². The van der Waals surface area contributed by atoms with E-state index in [1.807, 2.05) is 18.2 Å². The average Bonchev–Trinajstić information content (AvgIpc) is 3.01. The Morgan fingerprint density at radius 1 is 0.967 bits per heavy atom. The van der Waals surface area contributed by atoms with E-state index in [9.17, 15) is 22.4 Å². The molecule has 0 saturated heterocycles. The number of amides is 1. The van der Waals surface area contributed by atoms with Crippen molar-refractivity contribution in [1.29, 1.82) is 0 Å². The van der Waals surface area contributed by atoms with Crippen molar-refractivity contribution in [3.05, 3.63) is 82.8 Å². The third-order valence-electron chi connectivity index (χ3n) is 4.81. The second-order valence-corrected chi connectivity index (χ2v) is 8.63. The van der Waals surface area contributed by atoms with E-state index < -0.39 is 34.6 Å². The maximum absolute atomic E-state index is 13.4. The predicted molar refractivity (Wildman–Crippen MR) is 109 cm³/mol. The van der Waals surface area contributed by atoms with Gasteiger partial charge in [-0.05, 0) is 22.6 Å². The summed E-state index contributed by atoms with van der Waals surface area (Å²) in [4.78, 5) is 23.5. The second-order valence-electron chi connectivity index (χ2n) is 6.69. The summed E-state index contributed by atoms with van der Waals surface area (Å²) in [5.74, 6) is 0. The van der Waals surface area contributed by atoms with Crippen molar-refractivity contribution >= 4 is 38.8 Å². The Morgan fingerprint density at radius 3 is 2.40 bits per heavy atom. The number of carbonyl (C=O) groups excluding carboxylic acids is 2. The molecule has 0 spiro atoms. The highest BCUT2D eigenvalue weighted by atomic mass is 32.2. The highest BCUT2D eigenvalue weighted by Crippen LogP contribution is 2.38. The normalized spacial score (nSPS) is 15.2. The van der Waals surface area contributed by atoms with Gasteiger partial charge in [0.1, 0.15) is 12.6 Å². The lowest BCUT2D eigenvalue weighted by Gasteiger charge is -2.14. The molecule has 0 unspecified atom stereocenters. The van der Waals surface area contributed by atoms with Crippen molar-refractivity contribution in [2.24, 2.45) is 0 Å². The molecular formula is C22H16FNO5S. The zero-order valence-corrected chi connectivity index (χ0v) is 16.4. The first-order valence-corrected chi connectivity index (χ1v) is 10.5. The molecule has 30 heavy (non-hydrogen) atoms. The molecule has 1 atom stereocenters. The first-order valence-electron chi connectivity index (χ1n) is 9.03. The van der Waals surface area contributed by atoms with Crippen LogP contribution in [-0.4, -0.2) is 27.2 Å². The number of alkyl carbamates (subject to hydrolysis) is 1. The Balaban J connectivity index is 1.51. The van der Waals surface area contributed by atoms with Crippen LogP contribution >= 0.6 is 0 Å². The summed E-state index contributed by atoms with van der Waals surface area (Å²) in [6.45, 7) is -0.543. The molecule has 0 radical (unpaired) electrons. The summed E-state index contributed by atoms with van der Waals surface area (Å²) in [7, 11) is -3.85. The molecule has 1 amide bonds. The van der Waals surface area contributed by atoms with E-state index in [4.69, 9.17) is 4.74 Å². The molecule has 0 aromatic heterocycles. The van der Waals surface area contributed by atoms with Gasteiger partial charge in [-0.15, -0.1) is 0 Å². The molecule has 8 heteroatoms. The summed E-state index contributed by atoms with van der Waals surface area (Å²) in [5, 5.41) is 3.49. The molecule has 4 rings (SSSR count). The van der Waals surface area contributed by atoms with E-state index in [0.29, 0.717) is 10.9 Å². The fourth-order valence-electron chi connectivity index (χ4n) is 3.39. The Kier molecular flexibility index (Phi) is 5.09. The standard InChI is InChI=1S/C22H16FNO5S/c23-21(25)19(15-7-2-1-3-8-15)24-22(26)29-13-17-12-16-11-10-14-6-4-5-9-18(14)20(16)30(17,27)28/h1-12,19H,13H2,(H,24,26)/t19-/m0/s1. The van der Waals surface area contributed by atoms with Gasteiger partial charge in [0.2, 0.25) is 9.84 Å². The summed E-state index contributed by atoms with van der Waals surface area (Å²) in [5.41, 5.74) is 0.752. The molecule has 3 aromatic rings. The summed E-state index contributed by atoms with van der Waals surface area (Å²) in [6.07, 6.45) is 0.339.